The molecule has 4 aromatic rings. The minimum absolute atomic E-state index is 0. The van der Waals surface area contributed by atoms with E-state index in [-0.39, 0.29) is 28.2 Å². The topological polar surface area (TPSA) is 71.1 Å². The standard InChI is InChI=1S/C50H58N4O.Ni/c1-4-7-10-16-21-37-42-24-26-44(51-42)38(22-17-11-8-5-2)46-28-30-48(53-46)41(33-35-32-40(50(55)34-35)36-19-14-13-15-20-36)49-31-29-47(54-49)39(23-18-12-9-6-3)45-27-25-43(37)52-45;/h13-15,19-20,24-32,35H,4-12,16-18,21-23,33-34H2,1-3H3;/q-2;+2. The molecule has 1 unspecified atom stereocenters. The molecule has 0 saturated heterocycles. The normalized spacial score (nSPS) is 14.7. The molecule has 0 spiro atoms. The van der Waals surface area contributed by atoms with Gasteiger partial charge in [0, 0.05) is 17.6 Å². The summed E-state index contributed by atoms with van der Waals surface area (Å²) < 4.78 is 0. The SMILES string of the molecule is CCCCCCc1c2nc(c(CCCCCC)c3ccc([n-]3)c(CC3C=C(c4ccccc4)C(=O)C3)c3ccc([n-]3)c(CCCCCC)c3nc1C=C3)C=C2.[Ni+2]. The summed E-state index contributed by atoms with van der Waals surface area (Å²) in [5.74, 6) is 0.281. The van der Waals surface area contributed by atoms with Gasteiger partial charge in [-0.25, -0.2) is 9.97 Å². The molecule has 5 nitrogen and oxygen atoms in total. The molecule has 0 fully saturated rings. The minimum Gasteiger partial charge on any atom is -0.657 e. The maximum Gasteiger partial charge on any atom is 2.00 e. The third kappa shape index (κ3) is 9.80. The van der Waals surface area contributed by atoms with Gasteiger partial charge in [0.1, 0.15) is 0 Å². The third-order valence-corrected chi connectivity index (χ3v) is 11.6. The van der Waals surface area contributed by atoms with Gasteiger partial charge < -0.3 is 9.97 Å². The van der Waals surface area contributed by atoms with Crippen molar-refractivity contribution < 1.29 is 21.3 Å². The fourth-order valence-corrected chi connectivity index (χ4v) is 8.49. The van der Waals surface area contributed by atoms with Crippen molar-refractivity contribution >= 4 is 57.7 Å². The van der Waals surface area contributed by atoms with Crippen LogP contribution in [-0.4, -0.2) is 15.8 Å². The first-order valence-corrected chi connectivity index (χ1v) is 21.4. The average molecular weight is 790 g/mol. The molecule has 0 amide bonds. The van der Waals surface area contributed by atoms with Gasteiger partial charge in [-0.1, -0.05) is 145 Å². The molecule has 2 aliphatic heterocycles. The smallest absolute Gasteiger partial charge is 0.657 e. The fourth-order valence-electron chi connectivity index (χ4n) is 8.49. The molecule has 0 radical (unpaired) electrons. The molecule has 3 aromatic heterocycles. The van der Waals surface area contributed by atoms with Crippen LogP contribution in [0.25, 0.3) is 51.9 Å². The van der Waals surface area contributed by atoms with Gasteiger partial charge in [0.25, 0.3) is 0 Å². The molecule has 56 heavy (non-hydrogen) atoms. The predicted molar refractivity (Wildman–Crippen MR) is 232 cm³/mol. The van der Waals surface area contributed by atoms with E-state index in [1.54, 1.807) is 0 Å². The number of aryl methyl sites for hydroxylation is 2. The molecular weight excluding hydrogens is 731 g/mol. The molecule has 5 heterocycles. The van der Waals surface area contributed by atoms with E-state index in [0.717, 1.165) is 100 Å². The van der Waals surface area contributed by atoms with Crippen molar-refractivity contribution in [2.24, 2.45) is 5.92 Å². The van der Waals surface area contributed by atoms with E-state index >= 15 is 0 Å². The van der Waals surface area contributed by atoms with E-state index in [1.807, 2.05) is 30.3 Å². The van der Waals surface area contributed by atoms with Crippen molar-refractivity contribution in [2.45, 2.75) is 130 Å². The quantitative estimate of drug-likeness (QED) is 0.0641. The van der Waals surface area contributed by atoms with Crippen LogP contribution in [0.4, 0.5) is 0 Å². The van der Waals surface area contributed by atoms with Gasteiger partial charge >= 0.3 is 16.5 Å². The van der Waals surface area contributed by atoms with Crippen LogP contribution >= 0.6 is 0 Å². The van der Waals surface area contributed by atoms with E-state index in [4.69, 9.17) is 19.9 Å². The Labute approximate surface area is 344 Å². The summed E-state index contributed by atoms with van der Waals surface area (Å²) >= 11 is 0. The number of fused-ring (bicyclic) bond motifs is 8. The van der Waals surface area contributed by atoms with Crippen LogP contribution in [0.3, 0.4) is 0 Å². The van der Waals surface area contributed by atoms with E-state index in [0.29, 0.717) is 12.8 Å². The average Bonchev–Trinajstić information content (AvgIpc) is 4.06. The number of aromatic nitrogens is 4. The van der Waals surface area contributed by atoms with Crippen LogP contribution in [-0.2, 0) is 47.0 Å². The molecule has 294 valence electrons. The third-order valence-electron chi connectivity index (χ3n) is 11.6. The molecule has 6 heteroatoms. The summed E-state index contributed by atoms with van der Waals surface area (Å²) in [5, 5.41) is 0. The van der Waals surface area contributed by atoms with Crippen LogP contribution in [0.1, 0.15) is 155 Å². The zero-order chi connectivity index (χ0) is 38.0. The van der Waals surface area contributed by atoms with Gasteiger partial charge in [-0.15, -0.1) is 22.1 Å². The number of carbonyl (C=O) groups excluding carboxylic acids is 1. The molecule has 0 N–H and O–H groups in total. The molecule has 1 atom stereocenters. The van der Waals surface area contributed by atoms with Crippen molar-refractivity contribution in [3.8, 4) is 0 Å². The van der Waals surface area contributed by atoms with Crippen molar-refractivity contribution in [1.29, 1.82) is 0 Å². The Hall–Kier alpha value is -4.28. The van der Waals surface area contributed by atoms with Crippen molar-refractivity contribution in [1.82, 2.24) is 19.9 Å². The van der Waals surface area contributed by atoms with Gasteiger partial charge in [-0.3, -0.25) is 4.79 Å². The number of carbonyl (C=O) groups is 1. The minimum atomic E-state index is 0. The predicted octanol–water partition coefficient (Wildman–Crippen LogP) is 12.5. The largest absolute Gasteiger partial charge is 2.00 e. The number of hydrogen-bond acceptors (Lipinski definition) is 3. The zero-order valence-corrected chi connectivity index (χ0v) is 34.7. The van der Waals surface area contributed by atoms with Gasteiger partial charge in [0.15, 0.2) is 5.78 Å². The molecule has 1 aromatic carbocycles. The Morgan fingerprint density at radius 2 is 0.964 bits per heavy atom. The summed E-state index contributed by atoms with van der Waals surface area (Å²) in [4.78, 5) is 35.0. The van der Waals surface area contributed by atoms with Crippen LogP contribution < -0.4 is 9.97 Å². The van der Waals surface area contributed by atoms with E-state index in [2.05, 4.69) is 75.4 Å². The number of hydrogen-bond donors (Lipinski definition) is 0. The van der Waals surface area contributed by atoms with Crippen molar-refractivity contribution in [3.63, 3.8) is 0 Å². The summed E-state index contributed by atoms with van der Waals surface area (Å²) in [6.45, 7) is 6.80. The first-order valence-electron chi connectivity index (χ1n) is 21.4. The second-order valence-electron chi connectivity index (χ2n) is 15.7. The summed E-state index contributed by atoms with van der Waals surface area (Å²) in [7, 11) is 0. The zero-order valence-electron chi connectivity index (χ0n) is 33.7. The van der Waals surface area contributed by atoms with Gasteiger partial charge in [-0.2, -0.15) is 0 Å². The summed E-state index contributed by atoms with van der Waals surface area (Å²) in [6.07, 6.45) is 29.3. The summed E-state index contributed by atoms with van der Waals surface area (Å²) in [5.41, 5.74) is 14.6. The van der Waals surface area contributed by atoms with Gasteiger partial charge in [-0.05, 0) is 91.9 Å². The first kappa shape index (κ1) is 41.4. The van der Waals surface area contributed by atoms with Crippen LogP contribution in [0.5, 0.6) is 0 Å². The number of ketones is 1. The number of nitrogens with zero attached hydrogens (tertiary/aromatic N) is 4. The first-order chi connectivity index (χ1) is 27.1. The molecule has 0 saturated carbocycles. The second-order valence-corrected chi connectivity index (χ2v) is 15.7. The van der Waals surface area contributed by atoms with Crippen molar-refractivity contribution in [2.75, 3.05) is 0 Å². The summed E-state index contributed by atoms with van der Waals surface area (Å²) in [6, 6.07) is 18.8. The van der Waals surface area contributed by atoms with Gasteiger partial charge in [0.05, 0.1) is 22.8 Å². The number of rotatable bonds is 18. The van der Waals surface area contributed by atoms with Crippen LogP contribution in [0.2, 0.25) is 0 Å². The number of Topliss-reactive ketones (excluding diaryl/α,β-unsaturated/α-hetero) is 1. The van der Waals surface area contributed by atoms with E-state index in [1.165, 1.54) is 74.5 Å². The molecule has 8 bridgehead atoms. The Balaban J connectivity index is 0.00000532. The Morgan fingerprint density at radius 1 is 0.536 bits per heavy atom. The fraction of sp³-hybridized carbons (Fsp3) is 0.420. The van der Waals surface area contributed by atoms with E-state index in [9.17, 15) is 4.79 Å². The van der Waals surface area contributed by atoms with Crippen LogP contribution in [0, 0.1) is 5.92 Å². The molecule has 3 aliphatic rings. The second kappa shape index (κ2) is 20.2. The number of benzene rings is 1. The van der Waals surface area contributed by atoms with E-state index < -0.39 is 0 Å². The number of allylic oxidation sites excluding steroid dienone is 2. The Morgan fingerprint density at radius 3 is 1.43 bits per heavy atom. The molecule has 7 rings (SSSR count). The van der Waals surface area contributed by atoms with Gasteiger partial charge in [0.2, 0.25) is 0 Å². The van der Waals surface area contributed by atoms with Crippen LogP contribution in [0.15, 0.2) is 60.7 Å². The van der Waals surface area contributed by atoms with Crippen molar-refractivity contribution in [3.05, 3.63) is 111 Å². The Bertz CT molecular complexity index is 2110. The Kier molecular flexibility index (Phi) is 14.9. The maximum absolute atomic E-state index is 13.4. The monoisotopic (exact) mass is 788 g/mol. The molecule has 1 aliphatic carbocycles. The molecular formula is C50H58N4NiO. The maximum atomic E-state index is 13.4. The number of unbranched alkanes of at least 4 members (excludes halogenated alkanes) is 9.